The smallest absolute Gasteiger partial charge is 0.144 e. The van der Waals surface area contributed by atoms with Crippen molar-refractivity contribution >= 4 is 15.9 Å². The fourth-order valence-electron chi connectivity index (χ4n) is 1.70. The number of hydrogen-bond donors (Lipinski definition) is 0. The van der Waals surface area contributed by atoms with Crippen molar-refractivity contribution in [1.82, 2.24) is 9.55 Å². The van der Waals surface area contributed by atoms with Crippen LogP contribution in [0.2, 0.25) is 0 Å². The molecule has 0 amide bonds. The first kappa shape index (κ1) is 11.2. The van der Waals surface area contributed by atoms with Crippen molar-refractivity contribution in [2.24, 2.45) is 0 Å². The molecular formula is C12H13BrN2O. The Labute approximate surface area is 103 Å². The zero-order chi connectivity index (χ0) is 11.5. The molecule has 0 unspecified atom stereocenters. The third-order valence-corrected chi connectivity index (χ3v) is 3.10. The van der Waals surface area contributed by atoms with Gasteiger partial charge in [-0.25, -0.2) is 4.98 Å². The summed E-state index contributed by atoms with van der Waals surface area (Å²) < 4.78 is 8.42. The fourth-order valence-corrected chi connectivity index (χ4v) is 2.22. The Morgan fingerprint density at radius 3 is 2.81 bits per heavy atom. The summed E-state index contributed by atoms with van der Waals surface area (Å²) >= 11 is 3.48. The highest BCUT2D eigenvalue weighted by Gasteiger charge is 2.12. The maximum atomic E-state index is 5.34. The molecule has 0 saturated heterocycles. The van der Waals surface area contributed by atoms with Crippen LogP contribution in [0.15, 0.2) is 35.1 Å². The average Bonchev–Trinajstić information content (AvgIpc) is 2.70. The average molecular weight is 281 g/mol. The summed E-state index contributed by atoms with van der Waals surface area (Å²) in [6.45, 7) is 2.96. The largest absolute Gasteiger partial charge is 0.496 e. The minimum absolute atomic E-state index is 0.843. The normalized spacial score (nSPS) is 10.4. The number of rotatable bonds is 3. The molecule has 3 nitrogen and oxygen atoms in total. The monoisotopic (exact) mass is 280 g/mol. The lowest BCUT2D eigenvalue weighted by Crippen LogP contribution is -1.99. The van der Waals surface area contributed by atoms with Gasteiger partial charge in [-0.15, -0.1) is 0 Å². The van der Waals surface area contributed by atoms with Crippen LogP contribution in [0.1, 0.15) is 6.92 Å². The molecule has 84 valence electrons. The first-order valence-corrected chi connectivity index (χ1v) is 5.91. The summed E-state index contributed by atoms with van der Waals surface area (Å²) in [6.07, 6.45) is 1.81. The van der Waals surface area contributed by atoms with E-state index in [4.69, 9.17) is 4.74 Å². The number of ether oxygens (including phenoxy) is 1. The van der Waals surface area contributed by atoms with Gasteiger partial charge < -0.3 is 9.30 Å². The summed E-state index contributed by atoms with van der Waals surface area (Å²) in [5, 5.41) is 0. The molecule has 2 rings (SSSR count). The topological polar surface area (TPSA) is 27.1 Å². The van der Waals surface area contributed by atoms with Crippen LogP contribution in [0.4, 0.5) is 0 Å². The predicted molar refractivity (Wildman–Crippen MR) is 67.6 cm³/mol. The molecule has 1 heterocycles. The van der Waals surface area contributed by atoms with E-state index in [9.17, 15) is 0 Å². The summed E-state index contributed by atoms with van der Waals surface area (Å²) in [5.74, 6) is 1.77. The van der Waals surface area contributed by atoms with E-state index in [1.165, 1.54) is 0 Å². The van der Waals surface area contributed by atoms with Crippen LogP contribution in [0.5, 0.6) is 5.75 Å². The summed E-state index contributed by atoms with van der Waals surface area (Å²) in [4.78, 5) is 4.40. The lowest BCUT2D eigenvalue weighted by atomic mass is 10.2. The van der Waals surface area contributed by atoms with Gasteiger partial charge in [0.05, 0.1) is 18.9 Å². The van der Waals surface area contributed by atoms with E-state index in [2.05, 4.69) is 32.4 Å². The van der Waals surface area contributed by atoms with Crippen molar-refractivity contribution in [2.75, 3.05) is 7.11 Å². The molecule has 0 fully saturated rings. The highest BCUT2D eigenvalue weighted by molar-refractivity contribution is 9.10. The Balaban J connectivity index is 2.58. The van der Waals surface area contributed by atoms with E-state index >= 15 is 0 Å². The summed E-state index contributed by atoms with van der Waals surface area (Å²) in [6, 6.07) is 7.90. The zero-order valence-electron chi connectivity index (χ0n) is 9.27. The molecule has 0 aliphatic rings. The molecule has 2 aromatic rings. The van der Waals surface area contributed by atoms with Crippen LogP contribution in [0.25, 0.3) is 11.4 Å². The molecule has 0 N–H and O–H groups in total. The molecule has 0 bridgehead atoms. The maximum absolute atomic E-state index is 5.34. The van der Waals surface area contributed by atoms with Crippen molar-refractivity contribution in [3.63, 3.8) is 0 Å². The van der Waals surface area contributed by atoms with Gasteiger partial charge >= 0.3 is 0 Å². The highest BCUT2D eigenvalue weighted by atomic mass is 79.9. The van der Waals surface area contributed by atoms with Crippen molar-refractivity contribution in [1.29, 1.82) is 0 Å². The number of para-hydroxylation sites is 1. The van der Waals surface area contributed by atoms with Crippen LogP contribution in [-0.2, 0) is 6.54 Å². The fraction of sp³-hybridized carbons (Fsp3) is 0.250. The van der Waals surface area contributed by atoms with Crippen molar-refractivity contribution in [3.05, 3.63) is 35.1 Å². The van der Waals surface area contributed by atoms with E-state index in [0.29, 0.717) is 0 Å². The molecule has 0 atom stereocenters. The molecule has 0 aliphatic heterocycles. The summed E-state index contributed by atoms with van der Waals surface area (Å²) in [7, 11) is 1.67. The standard InChI is InChI=1S/C12H13BrN2O/c1-3-15-11(13)8-14-12(15)9-6-4-5-7-10(9)16-2/h4-8H,3H2,1-2H3. The van der Waals surface area contributed by atoms with Crippen LogP contribution >= 0.6 is 15.9 Å². The molecule has 4 heteroatoms. The van der Waals surface area contributed by atoms with Gasteiger partial charge in [-0.2, -0.15) is 0 Å². The Bertz CT molecular complexity index is 494. The van der Waals surface area contributed by atoms with E-state index in [0.717, 1.165) is 28.3 Å². The van der Waals surface area contributed by atoms with Crippen LogP contribution in [0.3, 0.4) is 0 Å². The lowest BCUT2D eigenvalue weighted by molar-refractivity contribution is 0.416. The first-order valence-electron chi connectivity index (χ1n) is 5.12. The SMILES string of the molecule is CCn1c(Br)cnc1-c1ccccc1OC. The molecule has 1 aromatic carbocycles. The highest BCUT2D eigenvalue weighted by Crippen LogP contribution is 2.30. The van der Waals surface area contributed by atoms with Gasteiger partial charge in [-0.3, -0.25) is 0 Å². The second-order valence-corrected chi connectivity index (χ2v) is 4.16. The Morgan fingerprint density at radius 2 is 2.12 bits per heavy atom. The number of imidazole rings is 1. The third kappa shape index (κ3) is 1.85. The Kier molecular flexibility index (Phi) is 3.29. The third-order valence-electron chi connectivity index (χ3n) is 2.47. The lowest BCUT2D eigenvalue weighted by Gasteiger charge is -2.09. The van der Waals surface area contributed by atoms with Crippen molar-refractivity contribution < 1.29 is 4.74 Å². The zero-order valence-corrected chi connectivity index (χ0v) is 10.9. The molecule has 0 saturated carbocycles. The molecule has 0 spiro atoms. The molecule has 1 aromatic heterocycles. The van der Waals surface area contributed by atoms with Gasteiger partial charge in [0, 0.05) is 6.54 Å². The molecule has 0 radical (unpaired) electrons. The van der Waals surface area contributed by atoms with Crippen molar-refractivity contribution in [3.8, 4) is 17.1 Å². The maximum Gasteiger partial charge on any atom is 0.144 e. The Morgan fingerprint density at radius 1 is 1.38 bits per heavy atom. The number of hydrogen-bond acceptors (Lipinski definition) is 2. The number of methoxy groups -OCH3 is 1. The Hall–Kier alpha value is -1.29. The second-order valence-electron chi connectivity index (χ2n) is 3.35. The number of nitrogens with zero attached hydrogens (tertiary/aromatic N) is 2. The van der Waals surface area contributed by atoms with E-state index < -0.39 is 0 Å². The van der Waals surface area contributed by atoms with Gasteiger partial charge in [0.25, 0.3) is 0 Å². The van der Waals surface area contributed by atoms with E-state index in [-0.39, 0.29) is 0 Å². The molecule has 16 heavy (non-hydrogen) atoms. The van der Waals surface area contributed by atoms with E-state index in [1.807, 2.05) is 30.5 Å². The first-order chi connectivity index (χ1) is 7.77. The van der Waals surface area contributed by atoms with E-state index in [1.54, 1.807) is 7.11 Å². The minimum atomic E-state index is 0.843. The van der Waals surface area contributed by atoms with Gasteiger partial charge in [0.2, 0.25) is 0 Å². The van der Waals surface area contributed by atoms with Crippen molar-refractivity contribution in [2.45, 2.75) is 13.5 Å². The number of halogens is 1. The van der Waals surface area contributed by atoms with Crippen LogP contribution < -0.4 is 4.74 Å². The molecule has 0 aliphatic carbocycles. The van der Waals surface area contributed by atoms with Crippen LogP contribution in [0, 0.1) is 0 Å². The number of aromatic nitrogens is 2. The van der Waals surface area contributed by atoms with Crippen LogP contribution in [-0.4, -0.2) is 16.7 Å². The van der Waals surface area contributed by atoms with Gasteiger partial charge in [-0.1, -0.05) is 12.1 Å². The van der Waals surface area contributed by atoms with Gasteiger partial charge in [0.15, 0.2) is 0 Å². The minimum Gasteiger partial charge on any atom is -0.496 e. The quantitative estimate of drug-likeness (QED) is 0.862. The predicted octanol–water partition coefficient (Wildman–Crippen LogP) is 3.34. The molecular weight excluding hydrogens is 268 g/mol. The summed E-state index contributed by atoms with van der Waals surface area (Å²) in [5.41, 5.74) is 1.01. The van der Waals surface area contributed by atoms with Gasteiger partial charge in [0.1, 0.15) is 16.2 Å². The second kappa shape index (κ2) is 4.70. The van der Waals surface area contributed by atoms with Gasteiger partial charge in [-0.05, 0) is 35.0 Å². The number of benzene rings is 1.